The van der Waals surface area contributed by atoms with E-state index in [9.17, 15) is 4.79 Å². The number of hydrogen-bond donors (Lipinski definition) is 2. The predicted octanol–water partition coefficient (Wildman–Crippen LogP) is 3.40. The summed E-state index contributed by atoms with van der Waals surface area (Å²) in [7, 11) is 0. The van der Waals surface area contributed by atoms with Crippen LogP contribution in [0.4, 0.5) is 0 Å². The fourth-order valence-electron chi connectivity index (χ4n) is 3.23. The van der Waals surface area contributed by atoms with Crippen molar-refractivity contribution >= 4 is 17.5 Å². The predicted molar refractivity (Wildman–Crippen MR) is 87.5 cm³/mol. The summed E-state index contributed by atoms with van der Waals surface area (Å²) in [5.41, 5.74) is 7.02. The van der Waals surface area contributed by atoms with Crippen LogP contribution >= 0.6 is 11.6 Å². The average Bonchev–Trinajstić information content (AvgIpc) is 2.46. The molecule has 0 spiro atoms. The fraction of sp³-hybridized carbons (Fsp3) is 0.588. The molecule has 1 unspecified atom stereocenters. The molecule has 1 aliphatic carbocycles. The lowest BCUT2D eigenvalue weighted by atomic mass is 9.69. The molecule has 116 valence electrons. The van der Waals surface area contributed by atoms with Gasteiger partial charge >= 0.3 is 0 Å². The van der Waals surface area contributed by atoms with E-state index in [-0.39, 0.29) is 17.4 Å². The van der Waals surface area contributed by atoms with Crippen LogP contribution in [0.2, 0.25) is 5.02 Å². The van der Waals surface area contributed by atoms with E-state index in [2.05, 4.69) is 17.4 Å². The molecule has 3 nitrogen and oxygen atoms in total. The Morgan fingerprint density at radius 3 is 2.48 bits per heavy atom. The van der Waals surface area contributed by atoms with Crippen molar-refractivity contribution in [3.8, 4) is 0 Å². The monoisotopic (exact) mass is 308 g/mol. The van der Waals surface area contributed by atoms with Gasteiger partial charge in [-0.25, -0.2) is 0 Å². The van der Waals surface area contributed by atoms with Crippen LogP contribution in [0, 0.1) is 0 Å². The van der Waals surface area contributed by atoms with Crippen LogP contribution < -0.4 is 11.1 Å². The first-order valence-corrected chi connectivity index (χ1v) is 8.18. The first kappa shape index (κ1) is 16.3. The topological polar surface area (TPSA) is 55.1 Å². The summed E-state index contributed by atoms with van der Waals surface area (Å²) >= 11 is 6.00. The molecule has 0 bridgehead atoms. The summed E-state index contributed by atoms with van der Waals surface area (Å²) < 4.78 is 0. The molecule has 3 N–H and O–H groups in total. The van der Waals surface area contributed by atoms with Gasteiger partial charge in [0.05, 0.1) is 0 Å². The minimum absolute atomic E-state index is 0.0453. The van der Waals surface area contributed by atoms with Crippen molar-refractivity contribution in [2.45, 2.75) is 56.9 Å². The van der Waals surface area contributed by atoms with Gasteiger partial charge in [-0.1, -0.05) is 43.0 Å². The molecule has 1 aromatic carbocycles. The minimum atomic E-state index is -0.0946. The Morgan fingerprint density at radius 2 is 1.90 bits per heavy atom. The number of hydrogen-bond acceptors (Lipinski definition) is 2. The van der Waals surface area contributed by atoms with E-state index in [4.69, 9.17) is 17.3 Å². The highest BCUT2D eigenvalue weighted by Gasteiger charge is 2.34. The minimum Gasteiger partial charge on any atom is -0.355 e. The summed E-state index contributed by atoms with van der Waals surface area (Å²) in [4.78, 5) is 11.9. The number of halogens is 1. The zero-order chi connectivity index (χ0) is 15.3. The Balaban J connectivity index is 2.10. The maximum Gasteiger partial charge on any atom is 0.221 e. The second-order valence-corrected chi connectivity index (χ2v) is 6.74. The summed E-state index contributed by atoms with van der Waals surface area (Å²) in [5, 5.41) is 3.84. The van der Waals surface area contributed by atoms with Crippen LogP contribution in [0.25, 0.3) is 0 Å². The lowest BCUT2D eigenvalue weighted by molar-refractivity contribution is -0.121. The second-order valence-electron chi connectivity index (χ2n) is 6.31. The largest absolute Gasteiger partial charge is 0.355 e. The smallest absolute Gasteiger partial charge is 0.221 e. The number of nitrogens with one attached hydrogen (secondary N) is 1. The Bertz CT molecular complexity index is 464. The van der Waals surface area contributed by atoms with Gasteiger partial charge in [-0.05, 0) is 37.5 Å². The van der Waals surface area contributed by atoms with Gasteiger partial charge in [-0.15, -0.1) is 0 Å². The lowest BCUT2D eigenvalue weighted by Gasteiger charge is -2.38. The van der Waals surface area contributed by atoms with E-state index in [0.717, 1.165) is 17.9 Å². The molecule has 1 aliphatic rings. The van der Waals surface area contributed by atoms with Gasteiger partial charge in [0.2, 0.25) is 5.91 Å². The summed E-state index contributed by atoms with van der Waals surface area (Å²) in [6.45, 7) is 2.55. The molecule has 1 fully saturated rings. The number of benzene rings is 1. The quantitative estimate of drug-likeness (QED) is 0.876. The van der Waals surface area contributed by atoms with Gasteiger partial charge in [0.1, 0.15) is 0 Å². The zero-order valence-electron chi connectivity index (χ0n) is 12.7. The Labute approximate surface area is 132 Å². The van der Waals surface area contributed by atoms with Crippen molar-refractivity contribution in [2.24, 2.45) is 5.73 Å². The lowest BCUT2D eigenvalue weighted by Crippen LogP contribution is -2.43. The van der Waals surface area contributed by atoms with Gasteiger partial charge < -0.3 is 11.1 Å². The van der Waals surface area contributed by atoms with Crippen LogP contribution in [-0.4, -0.2) is 18.5 Å². The summed E-state index contributed by atoms with van der Waals surface area (Å²) in [6, 6.07) is 7.99. The molecule has 1 aromatic rings. The van der Waals surface area contributed by atoms with Crippen molar-refractivity contribution in [1.29, 1.82) is 0 Å². The highest BCUT2D eigenvalue weighted by atomic mass is 35.5. The van der Waals surface area contributed by atoms with Crippen LogP contribution in [0.5, 0.6) is 0 Å². The van der Waals surface area contributed by atoms with Gasteiger partial charge in [0, 0.05) is 29.4 Å². The molecule has 0 aromatic heterocycles. The third-order valence-corrected chi connectivity index (χ3v) is 4.65. The van der Waals surface area contributed by atoms with Crippen LogP contribution in [-0.2, 0) is 10.2 Å². The molecule has 1 saturated carbocycles. The van der Waals surface area contributed by atoms with Crippen LogP contribution in [0.15, 0.2) is 24.3 Å². The Kier molecular flexibility index (Phi) is 5.65. The molecule has 0 heterocycles. The normalized spacial score (nSPS) is 19.0. The van der Waals surface area contributed by atoms with Crippen molar-refractivity contribution in [3.05, 3.63) is 34.9 Å². The Hall–Kier alpha value is -1.06. The maximum absolute atomic E-state index is 11.9. The van der Waals surface area contributed by atoms with E-state index in [1.165, 1.54) is 24.8 Å². The first-order valence-electron chi connectivity index (χ1n) is 7.80. The van der Waals surface area contributed by atoms with E-state index < -0.39 is 0 Å². The van der Waals surface area contributed by atoms with E-state index in [1.54, 1.807) is 0 Å². The van der Waals surface area contributed by atoms with Crippen LogP contribution in [0.3, 0.4) is 0 Å². The number of rotatable bonds is 5. The van der Waals surface area contributed by atoms with Gasteiger partial charge in [-0.3, -0.25) is 4.79 Å². The van der Waals surface area contributed by atoms with Crippen molar-refractivity contribution < 1.29 is 4.79 Å². The molecule has 21 heavy (non-hydrogen) atoms. The number of carbonyl (C=O) groups is 1. The van der Waals surface area contributed by atoms with Gasteiger partial charge in [0.15, 0.2) is 0 Å². The van der Waals surface area contributed by atoms with Crippen molar-refractivity contribution in [1.82, 2.24) is 5.32 Å². The highest BCUT2D eigenvalue weighted by molar-refractivity contribution is 6.30. The first-order chi connectivity index (χ1) is 10.0. The zero-order valence-corrected chi connectivity index (χ0v) is 13.5. The van der Waals surface area contributed by atoms with Gasteiger partial charge in [0.25, 0.3) is 0 Å². The number of carbonyl (C=O) groups excluding carboxylic acids is 1. The molecular weight excluding hydrogens is 284 g/mol. The summed E-state index contributed by atoms with van der Waals surface area (Å²) in [5.74, 6) is 0.0453. The third kappa shape index (κ3) is 4.45. The van der Waals surface area contributed by atoms with Gasteiger partial charge in [-0.2, -0.15) is 0 Å². The molecule has 0 radical (unpaired) electrons. The molecule has 1 amide bonds. The molecular formula is C17H25ClN2O. The maximum atomic E-state index is 11.9. The fourth-order valence-corrected chi connectivity index (χ4v) is 3.36. The highest BCUT2D eigenvalue weighted by Crippen LogP contribution is 2.39. The van der Waals surface area contributed by atoms with E-state index in [0.29, 0.717) is 13.0 Å². The SMILES string of the molecule is CC(N)CC(=O)NCC1(c2ccc(Cl)cc2)CCCCC1. The van der Waals surface area contributed by atoms with Crippen molar-refractivity contribution in [3.63, 3.8) is 0 Å². The summed E-state index contributed by atoms with van der Waals surface area (Å²) in [6.07, 6.45) is 6.33. The molecule has 2 rings (SSSR count). The average molecular weight is 309 g/mol. The number of nitrogens with two attached hydrogens (primary N) is 1. The molecule has 0 saturated heterocycles. The van der Waals surface area contributed by atoms with Crippen LogP contribution in [0.1, 0.15) is 51.0 Å². The molecule has 0 aliphatic heterocycles. The Morgan fingerprint density at radius 1 is 1.29 bits per heavy atom. The standard InChI is InChI=1S/C17H25ClN2O/c1-13(19)11-16(21)20-12-17(9-3-2-4-10-17)14-5-7-15(18)8-6-14/h5-8,13H,2-4,9-12,19H2,1H3,(H,20,21). The second kappa shape index (κ2) is 7.28. The molecule has 1 atom stereocenters. The third-order valence-electron chi connectivity index (χ3n) is 4.40. The number of amides is 1. The van der Waals surface area contributed by atoms with Crippen molar-refractivity contribution in [2.75, 3.05) is 6.54 Å². The molecule has 4 heteroatoms. The van der Waals surface area contributed by atoms with E-state index in [1.807, 2.05) is 19.1 Å². The van der Waals surface area contributed by atoms with E-state index >= 15 is 0 Å².